The van der Waals surface area contributed by atoms with E-state index >= 15 is 0 Å². The minimum Gasteiger partial charge on any atom is -0.444 e. The molecule has 0 spiro atoms. The van der Waals surface area contributed by atoms with Crippen LogP contribution >= 0.6 is 11.6 Å². The van der Waals surface area contributed by atoms with E-state index in [0.717, 1.165) is 31.7 Å². The van der Waals surface area contributed by atoms with Crippen molar-refractivity contribution in [3.63, 3.8) is 0 Å². The number of rotatable bonds is 2. The third kappa shape index (κ3) is 3.86. The van der Waals surface area contributed by atoms with Crippen molar-refractivity contribution in [2.24, 2.45) is 11.8 Å². The summed E-state index contributed by atoms with van der Waals surface area (Å²) < 4.78 is 5.39. The molecule has 0 radical (unpaired) electrons. The average Bonchev–Trinajstić information content (AvgIpc) is 2.68. The lowest BCUT2D eigenvalue weighted by Crippen LogP contribution is -2.53. The Kier molecular flexibility index (Phi) is 4.36. The number of hydrogen-bond acceptors (Lipinski definition) is 5. The highest BCUT2D eigenvalue weighted by molar-refractivity contribution is 6.29. The number of amides is 1. The molecule has 7 heteroatoms. The van der Waals surface area contributed by atoms with Gasteiger partial charge < -0.3 is 15.0 Å². The van der Waals surface area contributed by atoms with Crippen molar-refractivity contribution >= 4 is 23.5 Å². The lowest BCUT2D eigenvalue weighted by molar-refractivity contribution is 0.0472. The molecule has 6 nitrogen and oxygen atoms in total. The molecule has 1 amide bonds. The molecule has 1 aromatic heterocycles. The zero-order valence-corrected chi connectivity index (χ0v) is 14.5. The van der Waals surface area contributed by atoms with Crippen molar-refractivity contribution in [3.05, 3.63) is 17.5 Å². The quantitative estimate of drug-likeness (QED) is 0.840. The Morgan fingerprint density at radius 2 is 1.96 bits per heavy atom. The number of halogens is 1. The van der Waals surface area contributed by atoms with Crippen LogP contribution in [-0.2, 0) is 4.74 Å². The first-order valence-electron chi connectivity index (χ1n) is 8.04. The van der Waals surface area contributed by atoms with Gasteiger partial charge in [0.05, 0.1) is 0 Å². The number of nitrogens with zero attached hydrogens (tertiary/aromatic N) is 3. The van der Waals surface area contributed by atoms with Gasteiger partial charge in [-0.25, -0.2) is 14.8 Å². The number of alkyl carbamates (subject to hydrolysis) is 1. The third-order valence-corrected chi connectivity index (χ3v) is 4.67. The zero-order valence-electron chi connectivity index (χ0n) is 13.8. The van der Waals surface area contributed by atoms with Gasteiger partial charge in [0.15, 0.2) is 0 Å². The Morgan fingerprint density at radius 1 is 1.30 bits per heavy atom. The zero-order chi connectivity index (χ0) is 16.6. The van der Waals surface area contributed by atoms with Crippen LogP contribution in [0, 0.1) is 11.8 Å². The Morgan fingerprint density at radius 3 is 2.52 bits per heavy atom. The topological polar surface area (TPSA) is 67.3 Å². The first-order chi connectivity index (χ1) is 10.8. The number of fused-ring (bicyclic) bond motifs is 2. The van der Waals surface area contributed by atoms with Crippen molar-refractivity contribution in [2.45, 2.75) is 45.3 Å². The fraction of sp³-hybridized carbons (Fsp3) is 0.688. The molecule has 3 rings (SSSR count). The van der Waals surface area contributed by atoms with Crippen LogP contribution in [0.3, 0.4) is 0 Å². The van der Waals surface area contributed by atoms with Crippen LogP contribution in [0.4, 0.5) is 10.6 Å². The fourth-order valence-electron chi connectivity index (χ4n) is 3.59. The Labute approximate surface area is 141 Å². The minimum absolute atomic E-state index is 0.179. The summed E-state index contributed by atoms with van der Waals surface area (Å²) in [5, 5.41) is 3.53. The van der Waals surface area contributed by atoms with Crippen LogP contribution < -0.4 is 10.2 Å². The number of carbonyl (C=O) groups is 1. The Bertz CT molecular complexity index is 576. The standard InChI is InChI=1S/C16H23ClN4O2/c1-16(2,3)23-15(22)20-14-10-4-5-11(14)8-21(7-10)13-6-12(17)18-9-19-13/h6,9-11,14H,4-5,7-8H2,1-3H3,(H,20,22)/t10-,11+,14?. The molecule has 1 aromatic rings. The van der Waals surface area contributed by atoms with E-state index in [1.807, 2.05) is 20.8 Å². The van der Waals surface area contributed by atoms with Crippen LogP contribution in [0.15, 0.2) is 12.4 Å². The van der Waals surface area contributed by atoms with Crippen LogP contribution in [0.25, 0.3) is 0 Å². The predicted octanol–water partition coefficient (Wildman–Crippen LogP) is 2.87. The highest BCUT2D eigenvalue weighted by Gasteiger charge is 2.43. The van der Waals surface area contributed by atoms with Crippen LogP contribution in [0.5, 0.6) is 0 Å². The fourth-order valence-corrected chi connectivity index (χ4v) is 3.73. The van der Waals surface area contributed by atoms with Crippen molar-refractivity contribution in [3.8, 4) is 0 Å². The number of carbonyl (C=O) groups excluding carboxylic acids is 1. The van der Waals surface area contributed by atoms with E-state index in [2.05, 4.69) is 20.2 Å². The van der Waals surface area contributed by atoms with Gasteiger partial charge in [0, 0.05) is 25.2 Å². The smallest absolute Gasteiger partial charge is 0.407 e. The average molecular weight is 339 g/mol. The molecule has 1 N–H and O–H groups in total. The number of anilines is 1. The molecule has 1 unspecified atom stereocenters. The number of aromatic nitrogens is 2. The van der Waals surface area contributed by atoms with Crippen LogP contribution in [-0.4, -0.2) is 40.8 Å². The first-order valence-corrected chi connectivity index (χ1v) is 8.41. The van der Waals surface area contributed by atoms with Gasteiger partial charge in [0.1, 0.15) is 22.9 Å². The number of piperidine rings is 1. The molecule has 1 saturated heterocycles. The second kappa shape index (κ2) is 6.15. The van der Waals surface area contributed by atoms with Crippen molar-refractivity contribution < 1.29 is 9.53 Å². The summed E-state index contributed by atoms with van der Waals surface area (Å²) >= 11 is 5.96. The monoisotopic (exact) mass is 338 g/mol. The van der Waals surface area contributed by atoms with E-state index in [1.165, 1.54) is 6.33 Å². The lowest BCUT2D eigenvalue weighted by Gasteiger charge is -2.39. The maximum atomic E-state index is 12.1. The highest BCUT2D eigenvalue weighted by atomic mass is 35.5. The van der Waals surface area contributed by atoms with E-state index in [1.54, 1.807) is 6.07 Å². The Hall–Kier alpha value is -1.56. The van der Waals surface area contributed by atoms with E-state index in [9.17, 15) is 4.79 Å². The van der Waals surface area contributed by atoms with Gasteiger partial charge >= 0.3 is 6.09 Å². The number of ether oxygens (including phenoxy) is 1. The molecule has 3 atom stereocenters. The van der Waals surface area contributed by atoms with Crippen LogP contribution in [0.1, 0.15) is 33.6 Å². The van der Waals surface area contributed by atoms with Crippen molar-refractivity contribution in [1.82, 2.24) is 15.3 Å². The number of hydrogen-bond donors (Lipinski definition) is 1. The maximum Gasteiger partial charge on any atom is 0.407 e. The lowest BCUT2D eigenvalue weighted by atomic mass is 9.92. The molecule has 1 saturated carbocycles. The van der Waals surface area contributed by atoms with E-state index in [0.29, 0.717) is 17.0 Å². The predicted molar refractivity (Wildman–Crippen MR) is 88.6 cm³/mol. The molecule has 2 aliphatic rings. The van der Waals surface area contributed by atoms with E-state index < -0.39 is 5.60 Å². The van der Waals surface area contributed by atoms with Gasteiger partial charge in [-0.2, -0.15) is 0 Å². The summed E-state index contributed by atoms with van der Waals surface area (Å²) in [5.41, 5.74) is -0.471. The van der Waals surface area contributed by atoms with Crippen LogP contribution in [0.2, 0.25) is 5.15 Å². The van der Waals surface area contributed by atoms with Gasteiger partial charge in [-0.15, -0.1) is 0 Å². The summed E-state index contributed by atoms with van der Waals surface area (Å²) in [6.45, 7) is 7.36. The molecule has 1 aliphatic carbocycles. The molecule has 0 aromatic carbocycles. The third-order valence-electron chi connectivity index (χ3n) is 4.46. The Balaban J connectivity index is 1.64. The van der Waals surface area contributed by atoms with E-state index in [-0.39, 0.29) is 12.1 Å². The van der Waals surface area contributed by atoms with Gasteiger partial charge in [0.2, 0.25) is 0 Å². The summed E-state index contributed by atoms with van der Waals surface area (Å²) in [6.07, 6.45) is 3.39. The summed E-state index contributed by atoms with van der Waals surface area (Å²) in [7, 11) is 0. The van der Waals surface area contributed by atoms with Gasteiger partial charge in [-0.3, -0.25) is 0 Å². The maximum absolute atomic E-state index is 12.1. The molecule has 2 heterocycles. The molecule has 1 aliphatic heterocycles. The largest absolute Gasteiger partial charge is 0.444 e. The molecule has 126 valence electrons. The SMILES string of the molecule is CC(C)(C)OC(=O)NC1[C@@H]2CC[C@H]1CN(c1cc(Cl)ncn1)C2. The molecule has 2 bridgehead atoms. The highest BCUT2D eigenvalue weighted by Crippen LogP contribution is 2.38. The normalized spacial score (nSPS) is 27.0. The summed E-state index contributed by atoms with van der Waals surface area (Å²) in [4.78, 5) is 22.5. The van der Waals surface area contributed by atoms with Gasteiger partial charge in [-0.1, -0.05) is 11.6 Å². The van der Waals surface area contributed by atoms with Crippen molar-refractivity contribution in [1.29, 1.82) is 0 Å². The van der Waals surface area contributed by atoms with Gasteiger partial charge in [-0.05, 0) is 45.4 Å². The molecule has 2 fully saturated rings. The second-order valence-electron chi connectivity index (χ2n) is 7.37. The molecular weight excluding hydrogens is 316 g/mol. The van der Waals surface area contributed by atoms with Gasteiger partial charge in [0.25, 0.3) is 0 Å². The molecular formula is C16H23ClN4O2. The minimum atomic E-state index is -0.471. The first kappa shape index (κ1) is 16.3. The van der Waals surface area contributed by atoms with E-state index in [4.69, 9.17) is 16.3 Å². The summed E-state index contributed by atoms with van der Waals surface area (Å²) in [6, 6.07) is 1.97. The second-order valence-corrected chi connectivity index (χ2v) is 7.76. The number of nitrogens with one attached hydrogen (secondary N) is 1. The van der Waals surface area contributed by atoms with Crippen molar-refractivity contribution in [2.75, 3.05) is 18.0 Å². The summed E-state index contributed by atoms with van der Waals surface area (Å²) in [5.74, 6) is 1.68. The molecule has 23 heavy (non-hydrogen) atoms.